The molecule has 1 fully saturated rings. The molecule has 2 atom stereocenters. The van der Waals surface area contributed by atoms with Crippen molar-refractivity contribution in [2.45, 2.75) is 78.9 Å². The van der Waals surface area contributed by atoms with Crippen molar-refractivity contribution in [3.05, 3.63) is 99.6 Å². The summed E-state index contributed by atoms with van der Waals surface area (Å²) in [5, 5.41) is 0. The first-order valence-electron chi connectivity index (χ1n) is 12.8. The van der Waals surface area contributed by atoms with Crippen LogP contribution in [0.25, 0.3) is 0 Å². The molecule has 1 saturated heterocycles. The van der Waals surface area contributed by atoms with Gasteiger partial charge >= 0.3 is 7.60 Å². The maximum atomic E-state index is 13.7. The molecule has 0 saturated carbocycles. The van der Waals surface area contributed by atoms with Crippen LogP contribution in [-0.4, -0.2) is 11.9 Å². The molecule has 4 nitrogen and oxygen atoms in total. The van der Waals surface area contributed by atoms with Gasteiger partial charge in [0.25, 0.3) is 0 Å². The standard InChI is InChI=1S/C31H39O4P/c1-21(2)26-12-9-11-25(17-26)18-29-23(4)15-28(16-24(29)5)33-20-36(32)34-30(19-31(6,7)35-36)27-13-8-10-22(3)14-27/h8-17,21,30H,18-20H2,1-7H3/t30?,36-/m1/s1. The van der Waals surface area contributed by atoms with Crippen molar-refractivity contribution in [1.82, 2.24) is 0 Å². The van der Waals surface area contributed by atoms with E-state index in [-0.39, 0.29) is 12.5 Å². The van der Waals surface area contributed by atoms with E-state index >= 15 is 0 Å². The van der Waals surface area contributed by atoms with Crippen molar-refractivity contribution in [3.63, 3.8) is 0 Å². The number of rotatable bonds is 7. The van der Waals surface area contributed by atoms with Gasteiger partial charge in [-0.15, -0.1) is 0 Å². The van der Waals surface area contributed by atoms with Gasteiger partial charge in [-0.25, -0.2) is 0 Å². The molecule has 36 heavy (non-hydrogen) atoms. The lowest BCUT2D eigenvalue weighted by Crippen LogP contribution is -2.33. The van der Waals surface area contributed by atoms with Gasteiger partial charge in [0.1, 0.15) is 5.75 Å². The van der Waals surface area contributed by atoms with Gasteiger partial charge in [0.05, 0.1) is 11.7 Å². The number of hydrogen-bond acceptors (Lipinski definition) is 4. The highest BCUT2D eigenvalue weighted by molar-refractivity contribution is 7.53. The van der Waals surface area contributed by atoms with Crippen molar-refractivity contribution < 1.29 is 18.3 Å². The second kappa shape index (κ2) is 10.5. The van der Waals surface area contributed by atoms with Crippen LogP contribution in [0.2, 0.25) is 0 Å². The summed E-state index contributed by atoms with van der Waals surface area (Å²) < 4.78 is 31.8. The summed E-state index contributed by atoms with van der Waals surface area (Å²) in [5.41, 5.74) is 7.85. The highest BCUT2D eigenvalue weighted by Gasteiger charge is 2.44. The van der Waals surface area contributed by atoms with Gasteiger partial charge in [0.2, 0.25) is 0 Å². The van der Waals surface area contributed by atoms with Gasteiger partial charge in [-0.2, -0.15) is 0 Å². The molecule has 0 radical (unpaired) electrons. The third kappa shape index (κ3) is 6.48. The van der Waals surface area contributed by atoms with Crippen molar-refractivity contribution in [2.75, 3.05) is 6.35 Å². The fourth-order valence-corrected chi connectivity index (χ4v) is 6.83. The summed E-state index contributed by atoms with van der Waals surface area (Å²) in [6, 6.07) is 21.0. The Kier molecular flexibility index (Phi) is 7.80. The molecule has 0 aliphatic carbocycles. The van der Waals surface area contributed by atoms with Crippen LogP contribution in [0.3, 0.4) is 0 Å². The van der Waals surface area contributed by atoms with Crippen molar-refractivity contribution in [1.29, 1.82) is 0 Å². The highest BCUT2D eigenvalue weighted by Crippen LogP contribution is 2.60. The van der Waals surface area contributed by atoms with E-state index in [0.717, 1.165) is 28.7 Å². The van der Waals surface area contributed by atoms with E-state index in [1.165, 1.54) is 16.7 Å². The average molecular weight is 507 g/mol. The van der Waals surface area contributed by atoms with Crippen molar-refractivity contribution in [3.8, 4) is 5.75 Å². The molecule has 3 aromatic rings. The predicted molar refractivity (Wildman–Crippen MR) is 147 cm³/mol. The van der Waals surface area contributed by atoms with Crippen LogP contribution < -0.4 is 4.74 Å². The first-order chi connectivity index (χ1) is 16.9. The molecular weight excluding hydrogens is 467 g/mol. The molecule has 0 bridgehead atoms. The Balaban J connectivity index is 1.49. The molecule has 1 aliphatic rings. The van der Waals surface area contributed by atoms with Crippen LogP contribution in [-0.2, 0) is 20.0 Å². The molecular formula is C31H39O4P. The number of aryl methyl sites for hydroxylation is 3. The zero-order chi connectivity index (χ0) is 26.1. The number of hydrogen-bond donors (Lipinski definition) is 0. The molecule has 0 N–H and O–H groups in total. The maximum absolute atomic E-state index is 13.7. The molecule has 3 aromatic carbocycles. The summed E-state index contributed by atoms with van der Waals surface area (Å²) in [4.78, 5) is 0. The van der Waals surface area contributed by atoms with Crippen LogP contribution in [0.15, 0.2) is 60.7 Å². The van der Waals surface area contributed by atoms with E-state index in [4.69, 9.17) is 13.8 Å². The Bertz CT molecular complexity index is 1250. The van der Waals surface area contributed by atoms with Gasteiger partial charge in [-0.05, 0) is 92.5 Å². The third-order valence-corrected chi connectivity index (χ3v) is 8.62. The molecule has 5 heteroatoms. The number of ether oxygens (including phenoxy) is 1. The average Bonchev–Trinajstić information content (AvgIpc) is 2.79. The van der Waals surface area contributed by atoms with Crippen molar-refractivity contribution >= 4 is 7.60 Å². The van der Waals surface area contributed by atoms with Crippen LogP contribution >= 0.6 is 7.60 Å². The van der Waals surface area contributed by atoms with Gasteiger partial charge in [-0.1, -0.05) is 67.9 Å². The van der Waals surface area contributed by atoms with E-state index in [0.29, 0.717) is 18.1 Å². The van der Waals surface area contributed by atoms with Crippen molar-refractivity contribution in [2.24, 2.45) is 0 Å². The fraction of sp³-hybridized carbons (Fsp3) is 0.419. The minimum atomic E-state index is -3.47. The first kappa shape index (κ1) is 26.7. The number of benzene rings is 3. The van der Waals surface area contributed by atoms with Gasteiger partial charge in [0.15, 0.2) is 6.35 Å². The Hall–Kier alpha value is -2.39. The van der Waals surface area contributed by atoms with E-state index in [1.807, 2.05) is 51.1 Å². The normalized spacial score (nSPS) is 21.5. The Morgan fingerprint density at radius 2 is 1.69 bits per heavy atom. The minimum Gasteiger partial charge on any atom is -0.481 e. The monoisotopic (exact) mass is 506 g/mol. The Morgan fingerprint density at radius 1 is 1.00 bits per heavy atom. The lowest BCUT2D eigenvalue weighted by Gasteiger charge is -2.40. The summed E-state index contributed by atoms with van der Waals surface area (Å²) in [5.74, 6) is 1.19. The second-order valence-corrected chi connectivity index (χ2v) is 12.9. The van der Waals surface area contributed by atoms with Gasteiger partial charge < -0.3 is 4.74 Å². The SMILES string of the molecule is Cc1cccc(C2CC(C)(C)O[P@@](=O)(COc3cc(C)c(Cc4cccc(C(C)C)c4)c(C)c3)O2)c1. The predicted octanol–water partition coefficient (Wildman–Crippen LogP) is 8.81. The minimum absolute atomic E-state index is 0.118. The molecule has 0 spiro atoms. The Labute approximate surface area is 216 Å². The van der Waals surface area contributed by atoms with E-state index < -0.39 is 13.2 Å². The molecule has 0 aromatic heterocycles. The van der Waals surface area contributed by atoms with E-state index in [9.17, 15) is 4.57 Å². The van der Waals surface area contributed by atoms with Crippen LogP contribution in [0, 0.1) is 20.8 Å². The first-order valence-corrected chi connectivity index (χ1v) is 14.5. The van der Waals surface area contributed by atoms with E-state index in [1.54, 1.807) is 0 Å². The van der Waals surface area contributed by atoms with E-state index in [2.05, 4.69) is 58.0 Å². The van der Waals surface area contributed by atoms with Crippen LogP contribution in [0.1, 0.15) is 85.1 Å². The fourth-order valence-electron chi connectivity index (χ4n) is 4.95. The van der Waals surface area contributed by atoms with Crippen LogP contribution in [0.4, 0.5) is 0 Å². The van der Waals surface area contributed by atoms with Gasteiger partial charge in [0, 0.05) is 6.42 Å². The molecule has 4 rings (SSSR count). The quantitative estimate of drug-likeness (QED) is 0.300. The maximum Gasteiger partial charge on any atom is 0.368 e. The van der Waals surface area contributed by atoms with Gasteiger partial charge in [-0.3, -0.25) is 13.6 Å². The summed E-state index contributed by atoms with van der Waals surface area (Å²) in [6.07, 6.45) is 1.09. The zero-order valence-electron chi connectivity index (χ0n) is 22.6. The summed E-state index contributed by atoms with van der Waals surface area (Å²) in [6.45, 7) is 14.6. The molecule has 0 amide bonds. The molecule has 1 aliphatic heterocycles. The lowest BCUT2D eigenvalue weighted by atomic mass is 9.93. The summed E-state index contributed by atoms with van der Waals surface area (Å²) >= 11 is 0. The smallest absolute Gasteiger partial charge is 0.368 e. The lowest BCUT2D eigenvalue weighted by molar-refractivity contribution is -0.0258. The van der Waals surface area contributed by atoms with Crippen LogP contribution in [0.5, 0.6) is 5.75 Å². The molecule has 1 heterocycles. The largest absolute Gasteiger partial charge is 0.481 e. The molecule has 192 valence electrons. The highest BCUT2D eigenvalue weighted by atomic mass is 31.2. The summed E-state index contributed by atoms with van der Waals surface area (Å²) in [7, 11) is -3.47. The Morgan fingerprint density at radius 3 is 2.36 bits per heavy atom. The topological polar surface area (TPSA) is 44.8 Å². The zero-order valence-corrected chi connectivity index (χ0v) is 23.5. The molecule has 1 unspecified atom stereocenters. The second-order valence-electron chi connectivity index (χ2n) is 11.1. The third-order valence-electron chi connectivity index (χ3n) is 6.82.